The molecule has 3 N–H and O–H groups in total. The van der Waals surface area contributed by atoms with Gasteiger partial charge in [0.05, 0.1) is 5.70 Å². The molecule has 1 unspecified atom stereocenters. The summed E-state index contributed by atoms with van der Waals surface area (Å²) in [6.45, 7) is 3.46. The third-order valence-corrected chi connectivity index (χ3v) is 2.40. The van der Waals surface area contributed by atoms with Crippen molar-refractivity contribution >= 4 is 38.8 Å². The highest BCUT2D eigenvalue weighted by Crippen LogP contribution is 2.12. The number of hydrogen-bond donors (Lipinski definition) is 2. The van der Waals surface area contributed by atoms with Gasteiger partial charge in [0.15, 0.2) is 9.99 Å². The number of carbonyl (C=O) groups is 1. The Balaban J connectivity index is 4.32. The summed E-state index contributed by atoms with van der Waals surface area (Å²) in [5.41, 5.74) is 5.54. The van der Waals surface area contributed by atoms with Crippen molar-refractivity contribution in [3.63, 3.8) is 0 Å². The molecule has 1 atom stereocenters. The summed E-state index contributed by atoms with van der Waals surface area (Å²) in [5.74, 6) is -1.03. The molecule has 0 rings (SSSR count). The van der Waals surface area contributed by atoms with Crippen LogP contribution >= 0.6 is 27.7 Å². The predicted octanol–water partition coefficient (Wildman–Crippen LogP) is 1.03. The first-order valence-corrected chi connectivity index (χ1v) is 5.07. The second-order valence-electron chi connectivity index (χ2n) is 1.85. The number of halogens is 1. The van der Waals surface area contributed by atoms with E-state index in [0.717, 1.165) is 0 Å². The zero-order chi connectivity index (χ0) is 9.72. The first-order chi connectivity index (χ1) is 5.49. The zero-order valence-electron chi connectivity index (χ0n) is 6.45. The maximum absolute atomic E-state index is 10.4. The number of carboxylic acids is 1. The van der Waals surface area contributed by atoms with E-state index >= 15 is 0 Å². The van der Waals surface area contributed by atoms with Crippen LogP contribution in [0.4, 0.5) is 0 Å². The Kier molecular flexibility index (Phi) is 5.00. The van der Waals surface area contributed by atoms with Gasteiger partial charge in [0.2, 0.25) is 0 Å². The van der Waals surface area contributed by atoms with Crippen LogP contribution in [0.5, 0.6) is 0 Å². The van der Waals surface area contributed by atoms with Gasteiger partial charge in [-0.05, 0) is 6.26 Å². The van der Waals surface area contributed by atoms with Crippen LogP contribution in [0, 0.1) is 0 Å². The summed E-state index contributed by atoms with van der Waals surface area (Å²) in [4.78, 5) is 13.3. The molecule has 0 heterocycles. The molecule has 0 aliphatic heterocycles. The van der Waals surface area contributed by atoms with Crippen LogP contribution in [0.2, 0.25) is 0 Å². The predicted molar refractivity (Wildman–Crippen MR) is 54.6 cm³/mol. The highest BCUT2D eigenvalue weighted by atomic mass is 79.9. The van der Waals surface area contributed by atoms with E-state index in [9.17, 15) is 4.79 Å². The maximum atomic E-state index is 10.4. The van der Waals surface area contributed by atoms with Crippen molar-refractivity contribution in [2.24, 2.45) is 10.7 Å². The molecular formula is C6H9BrN2O2S. The van der Waals surface area contributed by atoms with Gasteiger partial charge in [-0.25, -0.2) is 4.99 Å². The van der Waals surface area contributed by atoms with E-state index < -0.39 is 10.8 Å². The topological polar surface area (TPSA) is 75.7 Å². The Morgan fingerprint density at radius 2 is 2.33 bits per heavy atom. The molecule has 0 aromatic heterocycles. The number of nitrogens with two attached hydrogens (primary N) is 1. The van der Waals surface area contributed by atoms with Crippen molar-refractivity contribution < 1.29 is 9.90 Å². The van der Waals surface area contributed by atoms with Crippen molar-refractivity contribution in [3.8, 4) is 0 Å². The van der Waals surface area contributed by atoms with Crippen LogP contribution in [-0.2, 0) is 4.79 Å². The summed E-state index contributed by atoms with van der Waals surface area (Å²) in [6, 6.07) is 0. The second kappa shape index (κ2) is 5.21. The standard InChI is InChI=1S/C6H9BrN2O2S/c1-3(4(7)5(10)11)9-6(8)12-2/h4H,1H2,2H3,(H2,8,9)(H,10,11). The molecule has 4 nitrogen and oxygen atoms in total. The van der Waals surface area contributed by atoms with Crippen molar-refractivity contribution in [1.29, 1.82) is 0 Å². The molecule has 0 fully saturated rings. The van der Waals surface area contributed by atoms with Crippen LogP contribution in [-0.4, -0.2) is 27.3 Å². The molecule has 0 aliphatic rings. The Morgan fingerprint density at radius 3 is 2.67 bits per heavy atom. The molecule has 0 aliphatic carbocycles. The van der Waals surface area contributed by atoms with Gasteiger partial charge in [-0.15, -0.1) is 0 Å². The summed E-state index contributed by atoms with van der Waals surface area (Å²) in [7, 11) is 0. The van der Waals surface area contributed by atoms with Crippen LogP contribution in [0.3, 0.4) is 0 Å². The van der Waals surface area contributed by atoms with E-state index in [2.05, 4.69) is 27.5 Å². The number of alkyl halides is 1. The Labute approximate surface area is 83.1 Å². The van der Waals surface area contributed by atoms with E-state index in [-0.39, 0.29) is 5.70 Å². The highest BCUT2D eigenvalue weighted by molar-refractivity contribution is 9.10. The van der Waals surface area contributed by atoms with Gasteiger partial charge < -0.3 is 10.8 Å². The fourth-order valence-electron chi connectivity index (χ4n) is 0.386. The molecule has 0 radical (unpaired) electrons. The van der Waals surface area contributed by atoms with Gasteiger partial charge in [0.1, 0.15) is 0 Å². The van der Waals surface area contributed by atoms with Crippen LogP contribution < -0.4 is 5.73 Å². The minimum atomic E-state index is -1.03. The monoisotopic (exact) mass is 252 g/mol. The number of aliphatic carboxylic acids is 1. The fourth-order valence-corrected chi connectivity index (χ4v) is 0.697. The molecule has 0 aromatic rings. The zero-order valence-corrected chi connectivity index (χ0v) is 8.85. The second-order valence-corrected chi connectivity index (χ2v) is 3.59. The van der Waals surface area contributed by atoms with Crippen LogP contribution in [0.1, 0.15) is 0 Å². The normalized spacial score (nSPS) is 14.0. The number of thioether (sulfide) groups is 1. The lowest BCUT2D eigenvalue weighted by Gasteiger charge is -2.03. The van der Waals surface area contributed by atoms with Crippen molar-refractivity contribution in [2.75, 3.05) is 6.26 Å². The van der Waals surface area contributed by atoms with E-state index in [1.807, 2.05) is 0 Å². The molecule has 0 spiro atoms. The highest BCUT2D eigenvalue weighted by Gasteiger charge is 2.16. The quantitative estimate of drug-likeness (QED) is 0.447. The lowest BCUT2D eigenvalue weighted by Crippen LogP contribution is -2.16. The lowest BCUT2D eigenvalue weighted by molar-refractivity contribution is -0.135. The third-order valence-electron chi connectivity index (χ3n) is 0.972. The maximum Gasteiger partial charge on any atom is 0.323 e. The lowest BCUT2D eigenvalue weighted by atomic mass is 10.3. The third kappa shape index (κ3) is 3.77. The van der Waals surface area contributed by atoms with Gasteiger partial charge in [-0.2, -0.15) is 0 Å². The average molecular weight is 253 g/mol. The van der Waals surface area contributed by atoms with E-state index in [1.165, 1.54) is 11.8 Å². The van der Waals surface area contributed by atoms with Gasteiger partial charge in [-0.1, -0.05) is 34.3 Å². The summed E-state index contributed by atoms with van der Waals surface area (Å²) >= 11 is 4.13. The van der Waals surface area contributed by atoms with Crippen LogP contribution in [0.15, 0.2) is 17.3 Å². The molecule has 0 bridgehead atoms. The average Bonchev–Trinajstić information content (AvgIpc) is 2.02. The number of aliphatic imine (C=N–C) groups is 1. The molecule has 0 amide bonds. The smallest absolute Gasteiger partial charge is 0.323 e. The summed E-state index contributed by atoms with van der Waals surface area (Å²) in [5, 5.41) is 8.81. The Hall–Kier alpha value is -0.490. The Bertz CT molecular complexity index is 230. The number of carboxylic acid groups (broad SMARTS) is 1. The molecule has 0 saturated heterocycles. The van der Waals surface area contributed by atoms with Crippen molar-refractivity contribution in [3.05, 3.63) is 12.3 Å². The van der Waals surface area contributed by atoms with E-state index in [1.54, 1.807) is 6.26 Å². The molecule has 12 heavy (non-hydrogen) atoms. The van der Waals surface area contributed by atoms with Gasteiger partial charge in [0, 0.05) is 0 Å². The number of rotatable bonds is 3. The van der Waals surface area contributed by atoms with E-state index in [4.69, 9.17) is 10.8 Å². The fraction of sp³-hybridized carbons (Fsp3) is 0.333. The Morgan fingerprint density at radius 1 is 1.83 bits per heavy atom. The minimum absolute atomic E-state index is 0.189. The number of amidine groups is 1. The van der Waals surface area contributed by atoms with E-state index in [0.29, 0.717) is 5.17 Å². The number of nitrogens with zero attached hydrogens (tertiary/aromatic N) is 1. The molecular weight excluding hydrogens is 244 g/mol. The van der Waals surface area contributed by atoms with Crippen molar-refractivity contribution in [1.82, 2.24) is 0 Å². The number of hydrogen-bond acceptors (Lipinski definition) is 3. The summed E-state index contributed by atoms with van der Waals surface area (Å²) in [6.07, 6.45) is 1.75. The first-order valence-electron chi connectivity index (χ1n) is 2.93. The molecule has 68 valence electrons. The minimum Gasteiger partial charge on any atom is -0.480 e. The van der Waals surface area contributed by atoms with Gasteiger partial charge in [-0.3, -0.25) is 4.79 Å². The summed E-state index contributed by atoms with van der Waals surface area (Å²) < 4.78 is 0. The molecule has 0 saturated carbocycles. The van der Waals surface area contributed by atoms with Crippen molar-refractivity contribution in [2.45, 2.75) is 4.83 Å². The van der Waals surface area contributed by atoms with Gasteiger partial charge in [0.25, 0.3) is 0 Å². The van der Waals surface area contributed by atoms with Gasteiger partial charge >= 0.3 is 5.97 Å². The molecule has 0 aromatic carbocycles. The SMILES string of the molecule is C=C(N=C(N)SC)C(Br)C(=O)O. The molecule has 6 heteroatoms. The first kappa shape index (κ1) is 11.5. The largest absolute Gasteiger partial charge is 0.480 e. The van der Waals surface area contributed by atoms with Crippen LogP contribution in [0.25, 0.3) is 0 Å².